The van der Waals surface area contributed by atoms with E-state index in [9.17, 15) is 19.1 Å². The van der Waals surface area contributed by atoms with Crippen molar-refractivity contribution < 1.29 is 18.6 Å². The van der Waals surface area contributed by atoms with E-state index in [4.69, 9.17) is 4.74 Å². The number of nitro benzene ring substituents is 1. The maximum absolute atomic E-state index is 13.9. The highest BCUT2D eigenvalue weighted by atomic mass is 31.2. The van der Waals surface area contributed by atoms with Crippen molar-refractivity contribution in [3.63, 3.8) is 0 Å². The molecule has 0 radical (unpaired) electrons. The van der Waals surface area contributed by atoms with Crippen LogP contribution in [-0.4, -0.2) is 45.3 Å². The Bertz CT molecular complexity index is 1460. The molecule has 0 amide bonds. The van der Waals surface area contributed by atoms with Crippen molar-refractivity contribution in [2.75, 3.05) is 31.1 Å². The van der Waals surface area contributed by atoms with Crippen LogP contribution < -0.4 is 20.7 Å². The predicted octanol–water partition coefficient (Wildman–Crippen LogP) is 4.21. The summed E-state index contributed by atoms with van der Waals surface area (Å²) in [6, 6.07) is 7.00. The first kappa shape index (κ1) is 23.0. The number of nitrogens with zero attached hydrogens (tertiary/aromatic N) is 5. The van der Waals surface area contributed by atoms with Crippen LogP contribution in [0.4, 0.5) is 33.2 Å². The molecule has 0 saturated carbocycles. The first-order valence-electron chi connectivity index (χ1n) is 9.85. The maximum atomic E-state index is 13.9. The predicted molar refractivity (Wildman–Crippen MR) is 127 cm³/mol. The number of rotatable bonds is 7. The number of ether oxygens (including phenoxy) is 1. The molecule has 2 aromatic carbocycles. The highest BCUT2D eigenvalue weighted by Gasteiger charge is 2.22. The normalized spacial score (nSPS) is 11.3. The fourth-order valence-electron chi connectivity index (χ4n) is 3.36. The summed E-state index contributed by atoms with van der Waals surface area (Å²) in [5.74, 6) is -0.564. The zero-order chi connectivity index (χ0) is 24.5. The van der Waals surface area contributed by atoms with Gasteiger partial charge < -0.3 is 19.9 Å². The minimum atomic E-state index is -2.78. The average molecular weight is 483 g/mol. The number of anilines is 4. The van der Waals surface area contributed by atoms with E-state index < -0.39 is 23.6 Å². The van der Waals surface area contributed by atoms with E-state index in [1.165, 1.54) is 19.5 Å². The molecule has 0 atom stereocenters. The van der Waals surface area contributed by atoms with Gasteiger partial charge in [0.1, 0.15) is 24.2 Å². The van der Waals surface area contributed by atoms with Gasteiger partial charge in [-0.05, 0) is 31.5 Å². The molecular weight excluding hydrogens is 464 g/mol. The van der Waals surface area contributed by atoms with E-state index in [-0.39, 0.29) is 17.4 Å². The number of nitro groups is 1. The molecule has 0 aliphatic heterocycles. The molecule has 4 rings (SSSR count). The summed E-state index contributed by atoms with van der Waals surface area (Å²) in [5.41, 5.74) is 1.07. The van der Waals surface area contributed by atoms with Gasteiger partial charge in [0.25, 0.3) is 0 Å². The van der Waals surface area contributed by atoms with Crippen molar-refractivity contribution in [2.24, 2.45) is 0 Å². The first-order chi connectivity index (χ1) is 16.2. The number of nitrogens with one attached hydrogen (secondary N) is 2. The molecular formula is C21H19FN7O4P. The monoisotopic (exact) mass is 483 g/mol. The molecule has 0 fully saturated rings. The highest BCUT2D eigenvalue weighted by Crippen LogP contribution is 2.41. The lowest BCUT2D eigenvalue weighted by atomic mass is 10.2. The number of aromatic nitrogens is 4. The summed E-state index contributed by atoms with van der Waals surface area (Å²) in [7, 11) is -1.47. The Kier molecular flexibility index (Phi) is 6.08. The average Bonchev–Trinajstić information content (AvgIpc) is 2.79. The largest absolute Gasteiger partial charge is 0.494 e. The van der Waals surface area contributed by atoms with Crippen LogP contribution in [0.25, 0.3) is 11.0 Å². The van der Waals surface area contributed by atoms with Crippen LogP contribution in [0.1, 0.15) is 0 Å². The van der Waals surface area contributed by atoms with Crippen LogP contribution in [0.15, 0.2) is 48.9 Å². The van der Waals surface area contributed by atoms with E-state index in [1.807, 2.05) is 0 Å². The summed E-state index contributed by atoms with van der Waals surface area (Å²) in [5, 5.41) is 17.6. The number of fused-ring (bicyclic) bond motifs is 1. The van der Waals surface area contributed by atoms with Gasteiger partial charge in [-0.3, -0.25) is 20.1 Å². The van der Waals surface area contributed by atoms with Crippen LogP contribution in [0.3, 0.4) is 0 Å². The fourth-order valence-corrected chi connectivity index (χ4v) is 4.76. The highest BCUT2D eigenvalue weighted by molar-refractivity contribution is 7.71. The van der Waals surface area contributed by atoms with E-state index in [0.29, 0.717) is 27.8 Å². The third-order valence-corrected chi connectivity index (χ3v) is 6.31. The summed E-state index contributed by atoms with van der Waals surface area (Å²) in [6.07, 6.45) is 4.55. The van der Waals surface area contributed by atoms with Gasteiger partial charge in [0.2, 0.25) is 11.8 Å². The molecule has 13 heteroatoms. The van der Waals surface area contributed by atoms with Crippen LogP contribution in [0.5, 0.6) is 5.75 Å². The molecule has 4 aromatic rings. The number of hydrogen-bond donors (Lipinski definition) is 2. The van der Waals surface area contributed by atoms with Crippen LogP contribution >= 0.6 is 7.14 Å². The Morgan fingerprint density at radius 1 is 1.03 bits per heavy atom. The topological polar surface area (TPSA) is 145 Å². The van der Waals surface area contributed by atoms with Gasteiger partial charge >= 0.3 is 5.69 Å². The molecule has 174 valence electrons. The third-order valence-electron chi connectivity index (χ3n) is 4.78. The Hall–Kier alpha value is -4.18. The summed E-state index contributed by atoms with van der Waals surface area (Å²) in [4.78, 5) is 27.4. The number of methoxy groups -OCH3 is 1. The Morgan fingerprint density at radius 2 is 1.79 bits per heavy atom. The third kappa shape index (κ3) is 4.62. The Balaban J connectivity index is 1.70. The van der Waals surface area contributed by atoms with Crippen LogP contribution in [0.2, 0.25) is 0 Å². The molecule has 0 aliphatic rings. The van der Waals surface area contributed by atoms with E-state index >= 15 is 0 Å². The van der Waals surface area contributed by atoms with Gasteiger partial charge in [0.15, 0.2) is 0 Å². The van der Waals surface area contributed by atoms with Gasteiger partial charge in [0, 0.05) is 30.7 Å². The van der Waals surface area contributed by atoms with Gasteiger partial charge in [0.05, 0.1) is 34.2 Å². The number of halogens is 1. The first-order valence-corrected chi connectivity index (χ1v) is 12.5. The van der Waals surface area contributed by atoms with Crippen molar-refractivity contribution >= 4 is 52.3 Å². The molecule has 11 nitrogen and oxygen atoms in total. The SMILES string of the molecule is COc1cc(F)c([N+](=O)[O-])cc1Nc1nccc(Nc2ccc3nccnc3c2P(C)(C)=O)n1. The number of hydrogen-bond acceptors (Lipinski definition) is 10. The standard InChI is InChI=1S/C21H19FN7O4P/c1-33-17-10-12(22)16(29(30)31)11-15(17)27-21-25-7-6-18(28-21)26-14-5-4-13-19(24-9-8-23-13)20(14)34(2,3)32/h4-11H,1-3H3,(H2,25,26,27,28). The maximum Gasteiger partial charge on any atom is 0.307 e. The lowest BCUT2D eigenvalue weighted by Crippen LogP contribution is -2.13. The van der Waals surface area contributed by atoms with Crippen LogP contribution in [-0.2, 0) is 4.57 Å². The Morgan fingerprint density at radius 3 is 2.50 bits per heavy atom. The molecule has 0 aliphatic carbocycles. The van der Waals surface area contributed by atoms with Crippen molar-refractivity contribution in [3.8, 4) is 5.75 Å². The quantitative estimate of drug-likeness (QED) is 0.223. The molecule has 2 aromatic heterocycles. The lowest BCUT2D eigenvalue weighted by molar-refractivity contribution is -0.387. The van der Waals surface area contributed by atoms with Crippen molar-refractivity contribution in [3.05, 3.63) is 64.9 Å². The number of benzene rings is 2. The summed E-state index contributed by atoms with van der Waals surface area (Å²) in [6.45, 7) is 3.28. The molecule has 0 bridgehead atoms. The fraction of sp³-hybridized carbons (Fsp3) is 0.143. The van der Waals surface area contributed by atoms with E-state index in [0.717, 1.165) is 12.1 Å². The minimum absolute atomic E-state index is 0.0401. The van der Waals surface area contributed by atoms with Crippen LogP contribution in [0, 0.1) is 15.9 Å². The van der Waals surface area contributed by atoms with Gasteiger partial charge in [-0.15, -0.1) is 0 Å². The van der Waals surface area contributed by atoms with Crippen molar-refractivity contribution in [1.82, 2.24) is 19.9 Å². The molecule has 2 heterocycles. The van der Waals surface area contributed by atoms with E-state index in [1.54, 1.807) is 37.7 Å². The second-order valence-electron chi connectivity index (χ2n) is 7.51. The molecule has 0 unspecified atom stereocenters. The van der Waals surface area contributed by atoms with Gasteiger partial charge in [-0.2, -0.15) is 9.37 Å². The van der Waals surface area contributed by atoms with Crippen molar-refractivity contribution in [1.29, 1.82) is 0 Å². The van der Waals surface area contributed by atoms with Crippen molar-refractivity contribution in [2.45, 2.75) is 0 Å². The smallest absolute Gasteiger partial charge is 0.307 e. The summed E-state index contributed by atoms with van der Waals surface area (Å²) >= 11 is 0. The zero-order valence-corrected chi connectivity index (χ0v) is 19.2. The Labute approximate surface area is 193 Å². The zero-order valence-electron chi connectivity index (χ0n) is 18.3. The van der Waals surface area contributed by atoms with Gasteiger partial charge in [-0.1, -0.05) is 0 Å². The second kappa shape index (κ2) is 8.99. The molecule has 0 saturated heterocycles. The second-order valence-corrected chi connectivity index (χ2v) is 10.7. The van der Waals surface area contributed by atoms with E-state index in [2.05, 4.69) is 30.6 Å². The summed E-state index contributed by atoms with van der Waals surface area (Å²) < 4.78 is 32.1. The lowest BCUT2D eigenvalue weighted by Gasteiger charge is -2.17. The van der Waals surface area contributed by atoms with Gasteiger partial charge in [-0.25, -0.2) is 4.98 Å². The minimum Gasteiger partial charge on any atom is -0.494 e. The molecule has 34 heavy (non-hydrogen) atoms. The molecule has 2 N–H and O–H groups in total. The molecule has 0 spiro atoms.